The molecule has 1 heterocycles. The number of oxazole rings is 1. The maximum absolute atomic E-state index is 13.5. The van der Waals surface area contributed by atoms with Crippen molar-refractivity contribution in [2.75, 3.05) is 0 Å². The molecule has 0 aliphatic carbocycles. The lowest BCUT2D eigenvalue weighted by Gasteiger charge is -2.20. The van der Waals surface area contributed by atoms with Gasteiger partial charge in [0.05, 0.1) is 0 Å². The molecular formula is C27H18F2NO2. The van der Waals surface area contributed by atoms with Crippen molar-refractivity contribution in [1.82, 2.24) is 4.98 Å². The molecule has 0 fully saturated rings. The topological polar surface area (TPSA) is 35.3 Å². The van der Waals surface area contributed by atoms with E-state index in [1.165, 1.54) is 24.3 Å². The van der Waals surface area contributed by atoms with Gasteiger partial charge in [-0.05, 0) is 65.7 Å². The minimum absolute atomic E-state index is 0.299. The van der Waals surface area contributed by atoms with E-state index in [9.17, 15) is 8.78 Å². The molecule has 1 unspecified atom stereocenters. The van der Waals surface area contributed by atoms with Gasteiger partial charge in [-0.3, -0.25) is 0 Å². The number of rotatable bonds is 6. The van der Waals surface area contributed by atoms with Gasteiger partial charge in [-0.2, -0.15) is 0 Å². The van der Waals surface area contributed by atoms with Crippen LogP contribution in [-0.4, -0.2) is 4.98 Å². The first-order valence-corrected chi connectivity index (χ1v) is 10.2. The van der Waals surface area contributed by atoms with Crippen molar-refractivity contribution in [3.05, 3.63) is 120 Å². The molecule has 0 aliphatic heterocycles. The van der Waals surface area contributed by atoms with Gasteiger partial charge in [0.25, 0.3) is 0 Å². The minimum atomic E-state index is -0.420. The van der Waals surface area contributed by atoms with Crippen LogP contribution in [0.4, 0.5) is 8.78 Å². The van der Waals surface area contributed by atoms with Crippen molar-refractivity contribution < 1.29 is 17.9 Å². The van der Waals surface area contributed by atoms with Gasteiger partial charge < -0.3 is 9.15 Å². The lowest BCUT2D eigenvalue weighted by Crippen LogP contribution is -2.11. The van der Waals surface area contributed by atoms with Gasteiger partial charge in [0.2, 0.25) is 5.89 Å². The van der Waals surface area contributed by atoms with Crippen LogP contribution in [-0.2, 0) is 6.42 Å². The number of benzene rings is 4. The van der Waals surface area contributed by atoms with Gasteiger partial charge in [0, 0.05) is 18.1 Å². The van der Waals surface area contributed by atoms with Crippen molar-refractivity contribution in [3.63, 3.8) is 0 Å². The predicted octanol–water partition coefficient (Wildman–Crippen LogP) is 6.94. The van der Waals surface area contributed by atoms with Crippen LogP contribution < -0.4 is 4.74 Å². The number of fused-ring (bicyclic) bond motifs is 1. The molecule has 1 aromatic heterocycles. The summed E-state index contributed by atoms with van der Waals surface area (Å²) in [6, 6.07) is 28.5. The van der Waals surface area contributed by atoms with Crippen LogP contribution in [0.3, 0.4) is 0 Å². The first-order valence-electron chi connectivity index (χ1n) is 10.2. The molecule has 1 atom stereocenters. The molecule has 4 aromatic carbocycles. The first-order chi connectivity index (χ1) is 15.6. The third kappa shape index (κ3) is 4.37. The highest BCUT2D eigenvalue weighted by Gasteiger charge is 2.16. The van der Waals surface area contributed by atoms with Crippen molar-refractivity contribution in [1.29, 1.82) is 0 Å². The Hall–Kier alpha value is -3.99. The number of ether oxygens (including phenoxy) is 1. The number of para-hydroxylation sites is 2. The summed E-state index contributed by atoms with van der Waals surface area (Å²) in [4.78, 5) is 4.53. The molecule has 1 radical (unpaired) electrons. The van der Waals surface area contributed by atoms with E-state index in [0.29, 0.717) is 23.6 Å². The van der Waals surface area contributed by atoms with E-state index in [4.69, 9.17) is 9.15 Å². The molecule has 0 bridgehead atoms. The van der Waals surface area contributed by atoms with Gasteiger partial charge in [-0.25, -0.2) is 13.8 Å². The van der Waals surface area contributed by atoms with Gasteiger partial charge in [-0.15, -0.1) is 0 Å². The van der Waals surface area contributed by atoms with E-state index in [2.05, 4.69) is 11.1 Å². The Morgan fingerprint density at radius 2 is 1.59 bits per heavy atom. The van der Waals surface area contributed by atoms with Crippen molar-refractivity contribution in [2.24, 2.45) is 0 Å². The molecule has 5 heteroatoms. The van der Waals surface area contributed by atoms with Gasteiger partial charge >= 0.3 is 0 Å². The Bertz CT molecular complexity index is 1310. The smallest absolute Gasteiger partial charge is 0.227 e. The lowest BCUT2D eigenvalue weighted by atomic mass is 10.0. The van der Waals surface area contributed by atoms with Gasteiger partial charge in [-0.1, -0.05) is 36.4 Å². The summed E-state index contributed by atoms with van der Waals surface area (Å²) >= 11 is 0. The van der Waals surface area contributed by atoms with Crippen molar-refractivity contribution in [2.45, 2.75) is 12.5 Å². The molecule has 0 saturated heterocycles. The van der Waals surface area contributed by atoms with E-state index in [1.807, 2.05) is 36.4 Å². The van der Waals surface area contributed by atoms with E-state index in [0.717, 1.165) is 22.2 Å². The van der Waals surface area contributed by atoms with Crippen LogP contribution in [0.1, 0.15) is 17.2 Å². The molecule has 0 saturated carbocycles. The number of hydrogen-bond acceptors (Lipinski definition) is 3. The van der Waals surface area contributed by atoms with Crippen LogP contribution in [0.2, 0.25) is 0 Å². The zero-order valence-corrected chi connectivity index (χ0v) is 17.0. The van der Waals surface area contributed by atoms with E-state index in [-0.39, 0.29) is 11.6 Å². The average Bonchev–Trinajstić information content (AvgIpc) is 3.25. The quantitative estimate of drug-likeness (QED) is 0.295. The van der Waals surface area contributed by atoms with Gasteiger partial charge in [0.15, 0.2) is 5.58 Å². The lowest BCUT2D eigenvalue weighted by molar-refractivity contribution is 0.205. The molecule has 0 N–H and O–H groups in total. The molecule has 0 amide bonds. The second kappa shape index (κ2) is 8.63. The average molecular weight is 426 g/mol. The Morgan fingerprint density at radius 3 is 2.34 bits per heavy atom. The number of nitrogens with zero attached hydrogens (tertiary/aromatic N) is 1. The maximum Gasteiger partial charge on any atom is 0.227 e. The van der Waals surface area contributed by atoms with Crippen LogP contribution in [0, 0.1) is 17.7 Å². The van der Waals surface area contributed by atoms with E-state index in [1.54, 1.807) is 30.3 Å². The predicted molar refractivity (Wildman–Crippen MR) is 118 cm³/mol. The molecule has 0 spiro atoms. The third-order valence-electron chi connectivity index (χ3n) is 5.16. The summed E-state index contributed by atoms with van der Waals surface area (Å²) in [5.41, 5.74) is 3.94. The third-order valence-corrected chi connectivity index (χ3v) is 5.16. The maximum atomic E-state index is 13.5. The summed E-state index contributed by atoms with van der Waals surface area (Å²) in [5.74, 6) is 0.370. The highest BCUT2D eigenvalue weighted by atomic mass is 19.1. The summed E-state index contributed by atoms with van der Waals surface area (Å²) in [7, 11) is 0. The van der Waals surface area contributed by atoms with Crippen LogP contribution >= 0.6 is 0 Å². The normalized spacial score (nSPS) is 12.1. The molecule has 0 aliphatic rings. The monoisotopic (exact) mass is 426 g/mol. The molecule has 32 heavy (non-hydrogen) atoms. The first kappa shape index (κ1) is 19.9. The molecular weight excluding hydrogens is 408 g/mol. The number of halogens is 2. The van der Waals surface area contributed by atoms with E-state index < -0.39 is 6.10 Å². The summed E-state index contributed by atoms with van der Waals surface area (Å²) in [6.07, 6.45) is 0.0588. The summed E-state index contributed by atoms with van der Waals surface area (Å²) in [5, 5.41) is 0. The fourth-order valence-corrected chi connectivity index (χ4v) is 3.53. The van der Waals surface area contributed by atoms with Crippen LogP contribution in [0.25, 0.3) is 22.6 Å². The van der Waals surface area contributed by atoms with E-state index >= 15 is 0 Å². The highest BCUT2D eigenvalue weighted by molar-refractivity contribution is 5.76. The van der Waals surface area contributed by atoms with Crippen molar-refractivity contribution in [3.8, 4) is 17.2 Å². The molecule has 5 rings (SSSR count). The summed E-state index contributed by atoms with van der Waals surface area (Å²) < 4.78 is 38.9. The zero-order valence-electron chi connectivity index (χ0n) is 17.0. The molecule has 5 aromatic rings. The van der Waals surface area contributed by atoms with Crippen LogP contribution in [0.15, 0.2) is 95.4 Å². The largest absolute Gasteiger partial charge is 0.485 e. The van der Waals surface area contributed by atoms with Crippen LogP contribution in [0.5, 0.6) is 5.75 Å². The Morgan fingerprint density at radius 1 is 0.875 bits per heavy atom. The standard InChI is InChI=1S/C27H18F2NO2/c28-21-12-8-18(9-13-21)16-26(19-10-14-22(29)15-11-19)31-23-5-3-4-20(17-23)27-30-24-6-1-2-7-25(24)32-27/h1-4,6-15,17,26H,16H2. The SMILES string of the molecule is Fc1ccc(CC(Oc2[c]ccc(-c3nc4ccccc4o3)c2)c2ccc(F)cc2)cc1. The molecule has 3 nitrogen and oxygen atoms in total. The Balaban J connectivity index is 1.45. The number of hydrogen-bond donors (Lipinski definition) is 0. The zero-order chi connectivity index (χ0) is 21.9. The highest BCUT2D eigenvalue weighted by Crippen LogP contribution is 2.30. The summed E-state index contributed by atoms with van der Waals surface area (Å²) in [6.45, 7) is 0. The second-order valence-corrected chi connectivity index (χ2v) is 7.42. The second-order valence-electron chi connectivity index (χ2n) is 7.42. The molecule has 157 valence electrons. The fourth-order valence-electron chi connectivity index (χ4n) is 3.53. The minimum Gasteiger partial charge on any atom is -0.485 e. The Labute approximate surface area is 183 Å². The van der Waals surface area contributed by atoms with Crippen molar-refractivity contribution >= 4 is 11.1 Å². The Kier molecular flexibility index (Phi) is 5.38. The fraction of sp³-hybridized carbons (Fsp3) is 0.0741. The van der Waals surface area contributed by atoms with Gasteiger partial charge in [0.1, 0.15) is 29.0 Å². The number of aromatic nitrogens is 1.